The lowest BCUT2D eigenvalue weighted by Gasteiger charge is -2.46. The first-order valence-corrected chi connectivity index (χ1v) is 11.9. The molecule has 5 nitrogen and oxygen atoms in total. The summed E-state index contributed by atoms with van der Waals surface area (Å²) >= 11 is 7.94. The lowest BCUT2D eigenvalue weighted by Crippen LogP contribution is -2.56. The summed E-state index contributed by atoms with van der Waals surface area (Å²) in [5.74, 6) is 1.07. The third kappa shape index (κ3) is 4.90. The summed E-state index contributed by atoms with van der Waals surface area (Å²) < 4.78 is 8.26. The molecule has 1 aliphatic carbocycles. The van der Waals surface area contributed by atoms with Crippen LogP contribution >= 0.6 is 23.4 Å². The Kier molecular flexibility index (Phi) is 6.94. The maximum absolute atomic E-state index is 6.22. The number of aromatic nitrogens is 3. The largest absolute Gasteiger partial charge is 0.374 e. The van der Waals surface area contributed by atoms with Crippen molar-refractivity contribution in [1.29, 1.82) is 0 Å². The van der Waals surface area contributed by atoms with E-state index in [9.17, 15) is 0 Å². The molecular formula is C21H29ClN4OS. The van der Waals surface area contributed by atoms with Crippen LogP contribution in [-0.2, 0) is 11.2 Å². The van der Waals surface area contributed by atoms with Crippen LogP contribution in [0.1, 0.15) is 37.3 Å². The van der Waals surface area contributed by atoms with E-state index in [2.05, 4.69) is 33.4 Å². The highest BCUT2D eigenvalue weighted by Gasteiger charge is 2.36. The third-order valence-electron chi connectivity index (χ3n) is 6.09. The molecule has 2 fully saturated rings. The first-order valence-electron chi connectivity index (χ1n) is 10.2. The molecule has 0 radical (unpaired) electrons. The number of halogens is 1. The van der Waals surface area contributed by atoms with Crippen molar-refractivity contribution < 1.29 is 4.74 Å². The Morgan fingerprint density at radius 1 is 1.14 bits per heavy atom. The van der Waals surface area contributed by atoms with Gasteiger partial charge in [-0.2, -0.15) is 16.9 Å². The van der Waals surface area contributed by atoms with Gasteiger partial charge in [-0.3, -0.25) is 4.90 Å². The van der Waals surface area contributed by atoms with Gasteiger partial charge in [-0.05, 0) is 56.1 Å². The molecule has 2 heterocycles. The average Bonchev–Trinajstić information content (AvgIpc) is 3.26. The number of hydrogen-bond donors (Lipinski definition) is 0. The van der Waals surface area contributed by atoms with Crippen LogP contribution in [0.4, 0.5) is 0 Å². The number of thioether (sulfide) groups is 1. The summed E-state index contributed by atoms with van der Waals surface area (Å²) in [6.45, 7) is 1.86. The highest BCUT2D eigenvalue weighted by Crippen LogP contribution is 2.33. The van der Waals surface area contributed by atoms with Crippen LogP contribution in [0.15, 0.2) is 36.9 Å². The van der Waals surface area contributed by atoms with Gasteiger partial charge < -0.3 is 4.74 Å². The summed E-state index contributed by atoms with van der Waals surface area (Å²) in [5, 5.41) is 5.15. The van der Waals surface area contributed by atoms with Gasteiger partial charge in [-0.1, -0.05) is 23.7 Å². The molecule has 1 saturated heterocycles. The van der Waals surface area contributed by atoms with Gasteiger partial charge in [0.2, 0.25) is 0 Å². The predicted octanol–water partition coefficient (Wildman–Crippen LogP) is 4.09. The van der Waals surface area contributed by atoms with Crippen LogP contribution < -0.4 is 0 Å². The van der Waals surface area contributed by atoms with Crippen molar-refractivity contribution in [2.75, 3.05) is 25.2 Å². The van der Waals surface area contributed by atoms with Crippen molar-refractivity contribution in [2.24, 2.45) is 0 Å². The van der Waals surface area contributed by atoms with E-state index in [0.29, 0.717) is 24.2 Å². The number of ether oxygens (including phenoxy) is 1. The van der Waals surface area contributed by atoms with Gasteiger partial charge in [0.25, 0.3) is 0 Å². The van der Waals surface area contributed by atoms with Crippen molar-refractivity contribution in [2.45, 2.75) is 56.3 Å². The first-order chi connectivity index (χ1) is 13.7. The summed E-state index contributed by atoms with van der Waals surface area (Å²) in [6.07, 6.45) is 11.8. The second-order valence-corrected chi connectivity index (χ2v) is 9.28. The average molecular weight is 421 g/mol. The van der Waals surface area contributed by atoms with E-state index in [4.69, 9.17) is 16.3 Å². The van der Waals surface area contributed by atoms with Crippen LogP contribution in [0.25, 0.3) is 0 Å². The quantitative estimate of drug-likeness (QED) is 0.704. The molecule has 4 rings (SSSR count). The van der Waals surface area contributed by atoms with Gasteiger partial charge in [0.15, 0.2) is 0 Å². The standard InChI is InChI=1S/C21H29ClN4OS/c1-28-13-21-11-25(18-6-8-19(9-7-18)26-15-23-14-24-26)20(12-27-21)10-16-2-4-17(22)5-3-16/h2-5,14-15,18-21H,6-13H2,1H3. The normalized spacial score (nSPS) is 29.1. The lowest BCUT2D eigenvalue weighted by atomic mass is 9.88. The fourth-order valence-corrected chi connectivity index (χ4v) is 5.34. The molecular weight excluding hydrogens is 392 g/mol. The molecule has 2 atom stereocenters. The molecule has 0 bridgehead atoms. The Labute approximate surface area is 176 Å². The molecule has 2 aromatic rings. The van der Waals surface area contributed by atoms with Gasteiger partial charge in [-0.25, -0.2) is 9.67 Å². The lowest BCUT2D eigenvalue weighted by molar-refractivity contribution is -0.0760. The molecule has 28 heavy (non-hydrogen) atoms. The summed E-state index contributed by atoms with van der Waals surface area (Å²) in [5.41, 5.74) is 1.34. The van der Waals surface area contributed by atoms with Crippen LogP contribution in [0.3, 0.4) is 0 Å². The number of nitrogens with zero attached hydrogens (tertiary/aromatic N) is 4. The van der Waals surface area contributed by atoms with Crippen LogP contribution in [0, 0.1) is 0 Å². The summed E-state index contributed by atoms with van der Waals surface area (Å²) in [4.78, 5) is 6.86. The van der Waals surface area contributed by atoms with E-state index in [1.807, 2.05) is 34.9 Å². The Morgan fingerprint density at radius 2 is 1.89 bits per heavy atom. The van der Waals surface area contributed by atoms with Crippen LogP contribution in [0.5, 0.6) is 0 Å². The van der Waals surface area contributed by atoms with Gasteiger partial charge in [-0.15, -0.1) is 0 Å². The zero-order chi connectivity index (χ0) is 19.3. The molecule has 152 valence electrons. The zero-order valence-corrected chi connectivity index (χ0v) is 18.0. The molecule has 2 aliphatic rings. The molecule has 0 spiro atoms. The Bertz CT molecular complexity index is 719. The maximum Gasteiger partial charge on any atom is 0.137 e. The Morgan fingerprint density at radius 3 is 2.57 bits per heavy atom. The fraction of sp³-hybridized carbons (Fsp3) is 0.619. The van der Waals surface area contributed by atoms with E-state index in [-0.39, 0.29) is 0 Å². The van der Waals surface area contributed by atoms with Crippen molar-refractivity contribution in [3.8, 4) is 0 Å². The van der Waals surface area contributed by atoms with E-state index < -0.39 is 0 Å². The maximum atomic E-state index is 6.22. The van der Waals surface area contributed by atoms with Crippen LogP contribution in [-0.4, -0.2) is 63.0 Å². The van der Waals surface area contributed by atoms with Gasteiger partial charge in [0.1, 0.15) is 12.7 Å². The minimum Gasteiger partial charge on any atom is -0.374 e. The van der Waals surface area contributed by atoms with Gasteiger partial charge in [0, 0.05) is 29.4 Å². The molecule has 0 N–H and O–H groups in total. The molecule has 2 unspecified atom stereocenters. The van der Waals surface area contributed by atoms with E-state index >= 15 is 0 Å². The van der Waals surface area contributed by atoms with Gasteiger partial charge in [0.05, 0.1) is 18.8 Å². The highest BCUT2D eigenvalue weighted by atomic mass is 35.5. The minimum absolute atomic E-state index is 0.338. The molecule has 7 heteroatoms. The molecule has 1 aliphatic heterocycles. The topological polar surface area (TPSA) is 43.2 Å². The molecule has 1 aromatic heterocycles. The molecule has 1 aromatic carbocycles. The smallest absolute Gasteiger partial charge is 0.137 e. The van der Waals surface area contributed by atoms with Gasteiger partial charge >= 0.3 is 0 Å². The van der Waals surface area contributed by atoms with Crippen molar-refractivity contribution in [1.82, 2.24) is 19.7 Å². The van der Waals surface area contributed by atoms with E-state index in [0.717, 1.165) is 30.3 Å². The summed E-state index contributed by atoms with van der Waals surface area (Å²) in [6, 6.07) is 9.84. The number of rotatable bonds is 6. The highest BCUT2D eigenvalue weighted by molar-refractivity contribution is 7.98. The Balaban J connectivity index is 1.42. The fourth-order valence-electron chi connectivity index (χ4n) is 4.64. The first kappa shape index (κ1) is 20.2. The third-order valence-corrected chi connectivity index (χ3v) is 7.05. The number of benzene rings is 1. The predicted molar refractivity (Wildman–Crippen MR) is 115 cm³/mol. The minimum atomic E-state index is 0.338. The summed E-state index contributed by atoms with van der Waals surface area (Å²) in [7, 11) is 0. The second-order valence-electron chi connectivity index (χ2n) is 7.93. The van der Waals surface area contributed by atoms with Crippen molar-refractivity contribution in [3.63, 3.8) is 0 Å². The van der Waals surface area contributed by atoms with E-state index in [1.54, 1.807) is 6.33 Å². The zero-order valence-electron chi connectivity index (χ0n) is 16.4. The SMILES string of the molecule is CSCC1CN(C2CCC(n3cncn3)CC2)C(Cc2ccc(Cl)cc2)CO1. The monoisotopic (exact) mass is 420 g/mol. The molecule has 1 saturated carbocycles. The number of hydrogen-bond acceptors (Lipinski definition) is 5. The van der Waals surface area contributed by atoms with Crippen LogP contribution in [0.2, 0.25) is 5.02 Å². The second kappa shape index (κ2) is 9.61. The molecule has 0 amide bonds. The Hall–Kier alpha value is -1.08. The van der Waals surface area contributed by atoms with E-state index in [1.165, 1.54) is 31.2 Å². The number of morpholine rings is 1. The van der Waals surface area contributed by atoms with Crippen molar-refractivity contribution in [3.05, 3.63) is 47.5 Å². The van der Waals surface area contributed by atoms with Crippen molar-refractivity contribution >= 4 is 23.4 Å².